The van der Waals surface area contributed by atoms with Crippen LogP contribution in [0.15, 0.2) is 158 Å². The lowest BCUT2D eigenvalue weighted by Gasteiger charge is -2.26. The third-order valence-corrected chi connectivity index (χ3v) is 17.3. The van der Waals surface area contributed by atoms with Crippen molar-refractivity contribution in [2.75, 3.05) is 47.5 Å². The zero-order valence-corrected chi connectivity index (χ0v) is 64.6. The number of quaternary nitrogens is 1. The van der Waals surface area contributed by atoms with Crippen LogP contribution in [0.25, 0.3) is 0 Å². The highest BCUT2D eigenvalue weighted by Gasteiger charge is 2.22. The Kier molecular flexibility index (Phi) is 74.6. The average molecular weight is 1380 g/mol. The molecule has 0 saturated carbocycles. The van der Waals surface area contributed by atoms with Crippen LogP contribution in [0, 0.1) is 0 Å². The summed E-state index contributed by atoms with van der Waals surface area (Å²) in [4.78, 5) is 37.6. The molecular weight excluding hydrogens is 1220 g/mol. The maximum Gasteiger partial charge on any atom is 0.306 e. The summed E-state index contributed by atoms with van der Waals surface area (Å²) in [5.41, 5.74) is 0. The van der Waals surface area contributed by atoms with Crippen LogP contribution in [0.2, 0.25) is 0 Å². The number of carboxylic acid groups (broad SMARTS) is 1. The third-order valence-electron chi connectivity index (χ3n) is 17.3. The second-order valence-corrected chi connectivity index (χ2v) is 28.0. The number of hydrogen-bond acceptors (Lipinski definition) is 8. The number of carboxylic acids is 1. The van der Waals surface area contributed by atoms with Gasteiger partial charge in [0.25, 0.3) is 0 Å². The van der Waals surface area contributed by atoms with E-state index in [2.05, 4.69) is 172 Å². The van der Waals surface area contributed by atoms with E-state index in [0.29, 0.717) is 17.4 Å². The Hall–Kier alpha value is -5.09. The standard InChI is InChI=1S/C90H151NO8/c1-6-8-10-12-14-16-18-20-22-24-26-28-30-32-34-36-38-40-41-42-43-44-45-46-47-49-51-53-55-57-59-61-63-65-67-69-71-73-75-77-79-81-88(93)99-86(85-98-90(89(94)95)96-83-82-91(3,4)5)84-97-87(92)80-78-76-74-72-70-68-66-64-62-60-58-56-54-52-50-48-39-37-35-33-31-29-27-25-23-21-19-17-15-13-11-9-7-2/h8,10,14,16,19-22,25-28,32,34,38,40,42-43,45-46,49,51,55,57,61,63,86,90H,6-7,9,11-13,15,17-18,23-24,29-31,33,35-37,39,41,44,47-48,50,52-54,56,58-60,62,64-85H2,1-5H3/b10-8-,16-14-,21-19-,22-20-,27-25-,28-26-,34-32-,40-38-,43-42-,46-45-,51-49-,57-55-,63-61-. The molecule has 0 saturated heterocycles. The fourth-order valence-corrected chi connectivity index (χ4v) is 11.1. The number of esters is 2. The van der Waals surface area contributed by atoms with E-state index in [1.165, 1.54) is 180 Å². The lowest BCUT2D eigenvalue weighted by atomic mass is 10.0. The minimum atomic E-state index is -1.63. The zero-order valence-electron chi connectivity index (χ0n) is 64.6. The molecule has 0 amide bonds. The van der Waals surface area contributed by atoms with E-state index in [0.717, 1.165) is 122 Å². The van der Waals surface area contributed by atoms with Crippen molar-refractivity contribution in [2.24, 2.45) is 0 Å². The molecule has 0 spiro atoms. The van der Waals surface area contributed by atoms with E-state index in [1.54, 1.807) is 0 Å². The number of ether oxygens (including phenoxy) is 4. The highest BCUT2D eigenvalue weighted by molar-refractivity contribution is 5.70. The largest absolute Gasteiger partial charge is 0.545 e. The molecule has 0 fully saturated rings. The van der Waals surface area contributed by atoms with E-state index in [9.17, 15) is 19.5 Å². The van der Waals surface area contributed by atoms with E-state index in [1.807, 2.05) is 21.1 Å². The third kappa shape index (κ3) is 80.1. The number of aliphatic carboxylic acids is 1. The van der Waals surface area contributed by atoms with Gasteiger partial charge in [-0.3, -0.25) is 9.59 Å². The van der Waals surface area contributed by atoms with Gasteiger partial charge in [0.2, 0.25) is 0 Å². The molecule has 0 bridgehead atoms. The monoisotopic (exact) mass is 1370 g/mol. The van der Waals surface area contributed by atoms with Crippen LogP contribution in [0.3, 0.4) is 0 Å². The predicted molar refractivity (Wildman–Crippen MR) is 425 cm³/mol. The van der Waals surface area contributed by atoms with Gasteiger partial charge in [-0.05, 0) is 128 Å². The predicted octanol–water partition coefficient (Wildman–Crippen LogP) is 25.0. The molecule has 9 heteroatoms. The molecule has 99 heavy (non-hydrogen) atoms. The minimum absolute atomic E-state index is 0.139. The van der Waals surface area contributed by atoms with Gasteiger partial charge < -0.3 is 33.3 Å². The molecule has 0 aromatic rings. The number of likely N-dealkylation sites (N-methyl/N-ethyl adjacent to an activating group) is 1. The van der Waals surface area contributed by atoms with Crippen LogP contribution in [0.4, 0.5) is 0 Å². The van der Waals surface area contributed by atoms with Crippen LogP contribution < -0.4 is 5.11 Å². The van der Waals surface area contributed by atoms with Crippen molar-refractivity contribution in [2.45, 2.75) is 347 Å². The molecule has 0 N–H and O–H groups in total. The van der Waals surface area contributed by atoms with Crippen LogP contribution in [-0.2, 0) is 33.3 Å². The number of unbranched alkanes of at least 4 members (excludes halogenated alkanes) is 33. The van der Waals surface area contributed by atoms with Crippen molar-refractivity contribution < 1.29 is 42.9 Å². The van der Waals surface area contributed by atoms with Gasteiger partial charge in [-0.1, -0.05) is 352 Å². The molecule has 0 aliphatic carbocycles. The van der Waals surface area contributed by atoms with Gasteiger partial charge in [0, 0.05) is 12.8 Å². The molecule has 564 valence electrons. The van der Waals surface area contributed by atoms with Gasteiger partial charge >= 0.3 is 11.9 Å². The Labute approximate surface area is 610 Å². The summed E-state index contributed by atoms with van der Waals surface area (Å²) in [5, 5.41) is 11.9. The highest BCUT2D eigenvalue weighted by atomic mass is 16.7. The first-order valence-electron chi connectivity index (χ1n) is 40.6. The Bertz CT molecular complexity index is 2200. The summed E-state index contributed by atoms with van der Waals surface area (Å²) in [6.45, 7) is 4.63. The second-order valence-electron chi connectivity index (χ2n) is 28.0. The summed E-state index contributed by atoms with van der Waals surface area (Å²) in [5.74, 6) is -2.30. The summed E-state index contributed by atoms with van der Waals surface area (Å²) < 4.78 is 22.8. The molecule has 0 radical (unpaired) electrons. The molecule has 0 heterocycles. The van der Waals surface area contributed by atoms with E-state index in [4.69, 9.17) is 18.9 Å². The van der Waals surface area contributed by atoms with Crippen LogP contribution in [0.5, 0.6) is 0 Å². The minimum Gasteiger partial charge on any atom is -0.545 e. The molecule has 0 aliphatic rings. The summed E-state index contributed by atoms with van der Waals surface area (Å²) >= 11 is 0. The summed E-state index contributed by atoms with van der Waals surface area (Å²) in [7, 11) is 5.93. The van der Waals surface area contributed by atoms with Crippen LogP contribution in [0.1, 0.15) is 335 Å². The average Bonchev–Trinajstić information content (AvgIpc) is 2.62. The molecule has 0 aromatic carbocycles. The molecule has 2 atom stereocenters. The Morgan fingerprint density at radius 3 is 0.859 bits per heavy atom. The van der Waals surface area contributed by atoms with Crippen molar-refractivity contribution in [1.82, 2.24) is 0 Å². The van der Waals surface area contributed by atoms with Crippen molar-refractivity contribution >= 4 is 17.9 Å². The van der Waals surface area contributed by atoms with Gasteiger partial charge in [0.1, 0.15) is 13.2 Å². The van der Waals surface area contributed by atoms with Gasteiger partial charge in [-0.25, -0.2) is 0 Å². The first-order valence-corrected chi connectivity index (χ1v) is 40.6. The quantitative estimate of drug-likeness (QED) is 0.0195. The van der Waals surface area contributed by atoms with Gasteiger partial charge in [-0.15, -0.1) is 0 Å². The summed E-state index contributed by atoms with van der Waals surface area (Å²) in [6, 6.07) is 0. The SMILES string of the molecule is CC/C=C\C/C=C\C/C=C\C/C=C\C/C=C\C/C=C\C/C=C\C/C=C\C/C=C\C/C=C\C/C=C\CCCCCCCCCC(=O)OC(COC(=O)CCCCCCCCCCCCCCCCCCCCCCC/C=C\C/C=C\CCCCCCC)COC(OCC[N+](C)(C)C)C(=O)[O-]. The van der Waals surface area contributed by atoms with E-state index in [-0.39, 0.29) is 38.6 Å². The lowest BCUT2D eigenvalue weighted by Crippen LogP contribution is -2.44. The maximum absolute atomic E-state index is 13.0. The van der Waals surface area contributed by atoms with E-state index < -0.39 is 24.3 Å². The first kappa shape index (κ1) is 93.9. The Morgan fingerprint density at radius 2 is 0.576 bits per heavy atom. The number of hydrogen-bond donors (Lipinski definition) is 0. The molecule has 0 aliphatic heterocycles. The van der Waals surface area contributed by atoms with Crippen molar-refractivity contribution in [3.63, 3.8) is 0 Å². The number of carbonyl (C=O) groups is 3. The number of carbonyl (C=O) groups excluding carboxylic acids is 3. The topological polar surface area (TPSA) is 111 Å². The molecule has 0 aromatic heterocycles. The van der Waals surface area contributed by atoms with Gasteiger partial charge in [-0.2, -0.15) is 0 Å². The number of rotatable bonds is 74. The van der Waals surface area contributed by atoms with Gasteiger partial charge in [0.05, 0.1) is 40.3 Å². The fourth-order valence-electron chi connectivity index (χ4n) is 11.1. The number of allylic oxidation sites excluding steroid dienone is 26. The molecule has 0 rings (SSSR count). The van der Waals surface area contributed by atoms with E-state index >= 15 is 0 Å². The zero-order chi connectivity index (χ0) is 71.8. The van der Waals surface area contributed by atoms with Crippen molar-refractivity contribution in [1.29, 1.82) is 0 Å². The maximum atomic E-state index is 13.0. The van der Waals surface area contributed by atoms with Crippen molar-refractivity contribution in [3.05, 3.63) is 158 Å². The van der Waals surface area contributed by atoms with Crippen LogP contribution >= 0.6 is 0 Å². The Balaban J connectivity index is 4.11. The summed E-state index contributed by atoms with van der Waals surface area (Å²) in [6.07, 6.45) is 114. The smallest absolute Gasteiger partial charge is 0.306 e. The molecule has 2 unspecified atom stereocenters. The van der Waals surface area contributed by atoms with Crippen LogP contribution in [-0.4, -0.2) is 82.3 Å². The Morgan fingerprint density at radius 1 is 0.313 bits per heavy atom. The molecular formula is C90H151NO8. The normalized spacial score (nSPS) is 13.5. The lowest BCUT2D eigenvalue weighted by molar-refractivity contribution is -0.870. The first-order chi connectivity index (χ1) is 48.6. The highest BCUT2D eigenvalue weighted by Crippen LogP contribution is 2.18. The molecule has 9 nitrogen and oxygen atoms in total. The number of nitrogens with zero attached hydrogens (tertiary/aromatic N) is 1. The fraction of sp³-hybridized carbons (Fsp3) is 0.678. The van der Waals surface area contributed by atoms with Gasteiger partial charge in [0.15, 0.2) is 12.4 Å². The second kappa shape index (κ2) is 78.6. The van der Waals surface area contributed by atoms with Crippen molar-refractivity contribution in [3.8, 4) is 0 Å².